The minimum absolute atomic E-state index is 0.562. The Hall–Kier alpha value is -1.03. The van der Waals surface area contributed by atoms with Crippen LogP contribution in [-0.4, -0.2) is 21.2 Å². The van der Waals surface area contributed by atoms with Crippen LogP contribution in [0.25, 0.3) is 0 Å². The van der Waals surface area contributed by atoms with E-state index in [0.29, 0.717) is 6.54 Å². The quantitative estimate of drug-likeness (QED) is 0.666. The maximum Gasteiger partial charge on any atom is 0.232 e. The van der Waals surface area contributed by atoms with E-state index in [2.05, 4.69) is 6.07 Å². The van der Waals surface area contributed by atoms with Crippen LogP contribution in [0.5, 0.6) is 0 Å². The van der Waals surface area contributed by atoms with Crippen molar-refractivity contribution in [3.8, 4) is 0 Å². The van der Waals surface area contributed by atoms with E-state index in [9.17, 15) is 8.42 Å². The first kappa shape index (κ1) is 8.56. The molecule has 0 unspecified atom stereocenters. The third-order valence-electron chi connectivity index (χ3n) is 2.18. The molecule has 1 radical (unpaired) electrons. The smallest absolute Gasteiger partial charge is 0.232 e. The van der Waals surface area contributed by atoms with Gasteiger partial charge in [-0.25, -0.2) is 8.42 Å². The maximum atomic E-state index is 11.3. The van der Waals surface area contributed by atoms with Gasteiger partial charge >= 0.3 is 0 Å². The Labute approximate surface area is 78.0 Å². The summed E-state index contributed by atoms with van der Waals surface area (Å²) in [5.41, 5.74) is 1.87. The van der Waals surface area contributed by atoms with Crippen LogP contribution in [0.4, 0.5) is 5.69 Å². The zero-order valence-corrected chi connectivity index (χ0v) is 8.13. The van der Waals surface area contributed by atoms with Gasteiger partial charge in [0, 0.05) is 6.54 Å². The molecule has 0 N–H and O–H groups in total. The number of benzene rings is 1. The van der Waals surface area contributed by atoms with E-state index in [1.165, 1.54) is 10.6 Å². The van der Waals surface area contributed by atoms with Crippen molar-refractivity contribution >= 4 is 15.7 Å². The highest BCUT2D eigenvalue weighted by molar-refractivity contribution is 7.92. The van der Waals surface area contributed by atoms with Crippen molar-refractivity contribution in [2.45, 2.75) is 6.42 Å². The van der Waals surface area contributed by atoms with Crippen LogP contribution >= 0.6 is 0 Å². The van der Waals surface area contributed by atoms with E-state index in [4.69, 9.17) is 0 Å². The highest BCUT2D eigenvalue weighted by Crippen LogP contribution is 2.28. The minimum Gasteiger partial charge on any atom is -0.270 e. The average molecular weight is 196 g/mol. The second-order valence-corrected chi connectivity index (χ2v) is 5.05. The predicted octanol–water partition coefficient (Wildman–Crippen LogP) is 0.809. The molecule has 0 saturated heterocycles. The molecule has 1 aliphatic rings. The molecule has 1 aliphatic heterocycles. The zero-order valence-electron chi connectivity index (χ0n) is 7.32. The Morgan fingerprint density at radius 3 is 3.00 bits per heavy atom. The first-order valence-corrected chi connectivity index (χ1v) is 5.90. The van der Waals surface area contributed by atoms with Crippen molar-refractivity contribution in [1.29, 1.82) is 0 Å². The van der Waals surface area contributed by atoms with E-state index in [1.807, 2.05) is 6.07 Å². The van der Waals surface area contributed by atoms with Gasteiger partial charge in [0.25, 0.3) is 0 Å². The molecule has 69 valence electrons. The third kappa shape index (κ3) is 1.42. The van der Waals surface area contributed by atoms with Crippen LogP contribution in [0.1, 0.15) is 5.56 Å². The number of sulfonamides is 1. The van der Waals surface area contributed by atoms with Gasteiger partial charge in [-0.15, -0.1) is 0 Å². The summed E-state index contributed by atoms with van der Waals surface area (Å²) in [5.74, 6) is 0. The van der Waals surface area contributed by atoms with Gasteiger partial charge in [-0.3, -0.25) is 4.31 Å². The summed E-state index contributed by atoms with van der Waals surface area (Å²) in [6, 6.07) is 8.32. The van der Waals surface area contributed by atoms with E-state index in [-0.39, 0.29) is 0 Å². The van der Waals surface area contributed by atoms with Gasteiger partial charge in [0.2, 0.25) is 10.0 Å². The van der Waals surface area contributed by atoms with Crippen LogP contribution in [0.2, 0.25) is 0 Å². The van der Waals surface area contributed by atoms with E-state index in [1.54, 1.807) is 12.1 Å². The van der Waals surface area contributed by atoms with Crippen molar-refractivity contribution in [3.05, 3.63) is 29.8 Å². The lowest BCUT2D eigenvalue weighted by Crippen LogP contribution is -2.27. The molecular formula is C9H10NO2S. The molecule has 1 aromatic rings. The second-order valence-electron chi connectivity index (χ2n) is 3.14. The summed E-state index contributed by atoms with van der Waals surface area (Å²) >= 11 is 0. The first-order chi connectivity index (χ1) is 6.09. The zero-order chi connectivity index (χ0) is 9.47. The van der Waals surface area contributed by atoms with E-state index >= 15 is 0 Å². The molecule has 0 bridgehead atoms. The molecule has 2 rings (SSSR count). The summed E-state index contributed by atoms with van der Waals surface area (Å²) in [6.07, 6.45) is 2.03. The lowest BCUT2D eigenvalue weighted by Gasteiger charge is -2.15. The van der Waals surface area contributed by atoms with Gasteiger partial charge < -0.3 is 0 Å². The highest BCUT2D eigenvalue weighted by atomic mass is 32.2. The van der Waals surface area contributed by atoms with Crippen molar-refractivity contribution in [2.24, 2.45) is 0 Å². The van der Waals surface area contributed by atoms with Crippen LogP contribution in [0.3, 0.4) is 0 Å². The van der Waals surface area contributed by atoms with Gasteiger partial charge in [0.1, 0.15) is 0 Å². The summed E-state index contributed by atoms with van der Waals surface area (Å²) in [6.45, 7) is 0.562. The van der Waals surface area contributed by atoms with E-state index in [0.717, 1.165) is 17.7 Å². The van der Waals surface area contributed by atoms with Gasteiger partial charge in [-0.1, -0.05) is 6.07 Å². The van der Waals surface area contributed by atoms with Gasteiger partial charge in [0.15, 0.2) is 0 Å². The maximum absolute atomic E-state index is 11.3. The summed E-state index contributed by atoms with van der Waals surface area (Å²) < 4.78 is 24.1. The fourth-order valence-electron chi connectivity index (χ4n) is 1.59. The molecule has 3 nitrogen and oxygen atoms in total. The molecule has 0 aromatic heterocycles. The number of rotatable bonds is 1. The summed E-state index contributed by atoms with van der Waals surface area (Å²) in [5, 5.41) is 0. The van der Waals surface area contributed by atoms with Crippen LogP contribution in [-0.2, 0) is 16.4 Å². The standard InChI is InChI=1S/C9H10NO2S/c1-13(11,12)10-7-6-8-4-2-3-5-9(8)10/h3-5H,6-7H2,1H3. The predicted molar refractivity (Wildman–Crippen MR) is 51.2 cm³/mol. The number of anilines is 1. The Kier molecular flexibility index (Phi) is 1.80. The van der Waals surface area contributed by atoms with E-state index < -0.39 is 10.0 Å². The lowest BCUT2D eigenvalue weighted by molar-refractivity contribution is 0.598. The first-order valence-electron chi connectivity index (χ1n) is 4.06. The molecular weight excluding hydrogens is 186 g/mol. The molecule has 0 spiro atoms. The van der Waals surface area contributed by atoms with Gasteiger partial charge in [0.05, 0.1) is 11.9 Å². The average Bonchev–Trinajstić information content (AvgIpc) is 2.45. The topological polar surface area (TPSA) is 37.4 Å². The third-order valence-corrected chi connectivity index (χ3v) is 3.36. The van der Waals surface area contributed by atoms with Gasteiger partial charge in [-0.2, -0.15) is 0 Å². The van der Waals surface area contributed by atoms with Crippen LogP contribution in [0.15, 0.2) is 18.2 Å². The molecule has 1 heterocycles. The largest absolute Gasteiger partial charge is 0.270 e. The SMILES string of the molecule is CS(=O)(=O)N1CCc2c[c]ccc21. The Bertz CT molecular complexity index is 425. The number of nitrogens with zero attached hydrogens (tertiary/aromatic N) is 1. The molecule has 0 amide bonds. The monoisotopic (exact) mass is 196 g/mol. The Morgan fingerprint density at radius 2 is 2.31 bits per heavy atom. The molecule has 1 aromatic carbocycles. The van der Waals surface area contributed by atoms with Gasteiger partial charge in [-0.05, 0) is 30.2 Å². The van der Waals surface area contributed by atoms with Crippen molar-refractivity contribution in [3.63, 3.8) is 0 Å². The molecule has 0 atom stereocenters. The summed E-state index contributed by atoms with van der Waals surface area (Å²) in [4.78, 5) is 0. The molecule has 0 saturated carbocycles. The van der Waals surface area contributed by atoms with Crippen LogP contribution < -0.4 is 4.31 Å². The van der Waals surface area contributed by atoms with Crippen LogP contribution in [0, 0.1) is 6.07 Å². The van der Waals surface area contributed by atoms with Crippen molar-refractivity contribution in [1.82, 2.24) is 0 Å². The number of hydrogen-bond donors (Lipinski definition) is 0. The second kappa shape index (κ2) is 2.73. The Balaban J connectivity index is 2.51. The fraction of sp³-hybridized carbons (Fsp3) is 0.333. The molecule has 0 aliphatic carbocycles. The minimum atomic E-state index is -3.10. The normalized spacial score (nSPS) is 15.9. The summed E-state index contributed by atoms with van der Waals surface area (Å²) in [7, 11) is -3.10. The number of hydrogen-bond acceptors (Lipinski definition) is 2. The highest BCUT2D eigenvalue weighted by Gasteiger charge is 2.25. The lowest BCUT2D eigenvalue weighted by atomic mass is 10.2. The van der Waals surface area contributed by atoms with Crippen molar-refractivity contribution in [2.75, 3.05) is 17.1 Å². The Morgan fingerprint density at radius 1 is 1.54 bits per heavy atom. The molecule has 13 heavy (non-hydrogen) atoms. The molecule has 0 fully saturated rings. The van der Waals surface area contributed by atoms with Crippen molar-refractivity contribution < 1.29 is 8.42 Å². The fourth-order valence-corrected chi connectivity index (χ4v) is 2.55. The number of fused-ring (bicyclic) bond motifs is 1. The molecule has 4 heteroatoms.